The highest BCUT2D eigenvalue weighted by atomic mass is 32.2. The van der Waals surface area contributed by atoms with Crippen molar-refractivity contribution in [3.8, 4) is 0 Å². The molecule has 4 aliphatic carbocycles. The predicted molar refractivity (Wildman–Crippen MR) is 86.9 cm³/mol. The molecule has 4 saturated carbocycles. The van der Waals surface area contributed by atoms with Gasteiger partial charge in [-0.2, -0.15) is 0 Å². The van der Waals surface area contributed by atoms with Gasteiger partial charge in [-0.1, -0.05) is 26.0 Å². The number of nitrogens with two attached hydrogens (primary N) is 1. The molecule has 3 nitrogen and oxygen atoms in total. The van der Waals surface area contributed by atoms with E-state index in [0.717, 1.165) is 5.92 Å². The van der Waals surface area contributed by atoms with Crippen molar-refractivity contribution in [2.24, 2.45) is 21.9 Å². The van der Waals surface area contributed by atoms with Crippen molar-refractivity contribution in [3.05, 3.63) is 29.8 Å². The van der Waals surface area contributed by atoms with E-state index in [-0.39, 0.29) is 10.3 Å². The minimum atomic E-state index is -3.60. The quantitative estimate of drug-likeness (QED) is 0.905. The molecule has 22 heavy (non-hydrogen) atoms. The number of hydrogen-bond donors (Lipinski definition) is 1. The van der Waals surface area contributed by atoms with Crippen molar-refractivity contribution in [1.82, 2.24) is 0 Å². The first kappa shape index (κ1) is 14.7. The fraction of sp³-hybridized carbons (Fsp3) is 0.667. The van der Waals surface area contributed by atoms with E-state index in [1.54, 1.807) is 12.1 Å². The highest BCUT2D eigenvalue weighted by Crippen LogP contribution is 2.69. The van der Waals surface area contributed by atoms with Gasteiger partial charge >= 0.3 is 0 Å². The minimum absolute atomic E-state index is 0.221. The van der Waals surface area contributed by atoms with Crippen LogP contribution in [-0.2, 0) is 15.4 Å². The zero-order chi connectivity index (χ0) is 15.8. The number of rotatable bonds is 2. The first-order chi connectivity index (χ1) is 10.1. The van der Waals surface area contributed by atoms with Crippen LogP contribution in [0.25, 0.3) is 0 Å². The predicted octanol–water partition coefficient (Wildman–Crippen LogP) is 3.58. The van der Waals surface area contributed by atoms with Crippen LogP contribution < -0.4 is 5.14 Å². The molecule has 1 aromatic carbocycles. The highest BCUT2D eigenvalue weighted by molar-refractivity contribution is 7.89. The van der Waals surface area contributed by atoms with Crippen molar-refractivity contribution in [2.45, 2.75) is 62.7 Å². The summed E-state index contributed by atoms with van der Waals surface area (Å²) in [7, 11) is -3.60. The Labute approximate surface area is 133 Å². The maximum Gasteiger partial charge on any atom is 0.238 e. The minimum Gasteiger partial charge on any atom is -0.225 e. The van der Waals surface area contributed by atoms with Crippen molar-refractivity contribution in [1.29, 1.82) is 0 Å². The number of primary sulfonamides is 1. The van der Waals surface area contributed by atoms with Gasteiger partial charge in [-0.3, -0.25) is 0 Å². The molecule has 4 atom stereocenters. The van der Waals surface area contributed by atoms with Gasteiger partial charge in [-0.15, -0.1) is 0 Å². The maximum atomic E-state index is 11.5. The van der Waals surface area contributed by atoms with E-state index in [2.05, 4.69) is 13.8 Å². The summed E-state index contributed by atoms with van der Waals surface area (Å²) in [6.45, 7) is 4.92. The van der Waals surface area contributed by atoms with Gasteiger partial charge in [0.1, 0.15) is 0 Å². The summed E-state index contributed by atoms with van der Waals surface area (Å²) in [5.74, 6) is 0.837. The average Bonchev–Trinajstić information content (AvgIpc) is 2.33. The molecule has 0 heterocycles. The Bertz CT molecular complexity index is 704. The highest BCUT2D eigenvalue weighted by Gasteiger charge is 2.60. The molecule has 5 rings (SSSR count). The molecule has 4 bridgehead atoms. The van der Waals surface area contributed by atoms with Gasteiger partial charge in [0.2, 0.25) is 10.0 Å². The van der Waals surface area contributed by atoms with Gasteiger partial charge < -0.3 is 0 Å². The number of hydrogen-bond acceptors (Lipinski definition) is 2. The summed E-state index contributed by atoms with van der Waals surface area (Å²) in [4.78, 5) is 0.221. The van der Waals surface area contributed by atoms with E-state index in [4.69, 9.17) is 5.14 Å². The molecule has 0 amide bonds. The molecule has 4 aliphatic rings. The zero-order valence-corrected chi connectivity index (χ0v) is 14.2. The van der Waals surface area contributed by atoms with Gasteiger partial charge in [0, 0.05) is 0 Å². The van der Waals surface area contributed by atoms with Crippen molar-refractivity contribution < 1.29 is 8.42 Å². The van der Waals surface area contributed by atoms with Crippen LogP contribution in [0, 0.1) is 16.7 Å². The molecule has 0 aliphatic heterocycles. The second-order valence-corrected chi connectivity index (χ2v) is 10.5. The lowest BCUT2D eigenvalue weighted by molar-refractivity contribution is -0.110. The second kappa shape index (κ2) is 4.15. The lowest BCUT2D eigenvalue weighted by Crippen LogP contribution is -2.56. The van der Waals surface area contributed by atoms with E-state index in [1.165, 1.54) is 44.1 Å². The summed E-state index contributed by atoms with van der Waals surface area (Å²) < 4.78 is 22.9. The van der Waals surface area contributed by atoms with Crippen LogP contribution >= 0.6 is 0 Å². The van der Waals surface area contributed by atoms with Crippen LogP contribution in [0.4, 0.5) is 0 Å². The molecule has 1 aromatic rings. The van der Waals surface area contributed by atoms with Crippen LogP contribution in [0.15, 0.2) is 29.2 Å². The van der Waals surface area contributed by atoms with E-state index in [0.29, 0.717) is 10.8 Å². The fourth-order valence-electron chi connectivity index (χ4n) is 6.77. The van der Waals surface area contributed by atoms with E-state index in [9.17, 15) is 8.42 Å². The van der Waals surface area contributed by atoms with Crippen molar-refractivity contribution in [2.75, 3.05) is 0 Å². The molecule has 0 saturated heterocycles. The molecule has 0 spiro atoms. The van der Waals surface area contributed by atoms with Gasteiger partial charge in [0.15, 0.2) is 0 Å². The monoisotopic (exact) mass is 319 g/mol. The molecule has 2 N–H and O–H groups in total. The maximum absolute atomic E-state index is 11.5. The summed E-state index contributed by atoms with van der Waals surface area (Å²) in [5, 5.41) is 5.23. The molecule has 2 unspecified atom stereocenters. The third-order valence-electron chi connectivity index (χ3n) is 6.42. The van der Waals surface area contributed by atoms with Gasteiger partial charge in [0.25, 0.3) is 0 Å². The van der Waals surface area contributed by atoms with Crippen LogP contribution in [-0.4, -0.2) is 8.42 Å². The Kier molecular flexibility index (Phi) is 2.77. The van der Waals surface area contributed by atoms with Gasteiger partial charge in [-0.05, 0) is 78.4 Å². The third kappa shape index (κ3) is 2.15. The fourth-order valence-corrected chi connectivity index (χ4v) is 7.28. The zero-order valence-electron chi connectivity index (χ0n) is 13.4. The first-order valence-corrected chi connectivity index (χ1v) is 9.80. The van der Waals surface area contributed by atoms with Crippen molar-refractivity contribution in [3.63, 3.8) is 0 Å². The van der Waals surface area contributed by atoms with E-state index < -0.39 is 10.0 Å². The average molecular weight is 319 g/mol. The van der Waals surface area contributed by atoms with Crippen LogP contribution in [0.3, 0.4) is 0 Å². The Morgan fingerprint density at radius 3 is 1.95 bits per heavy atom. The molecular formula is C18H25NO2S. The van der Waals surface area contributed by atoms with Crippen LogP contribution in [0.1, 0.15) is 57.9 Å². The Hall–Kier alpha value is -0.870. The summed E-state index contributed by atoms with van der Waals surface area (Å²) in [6.07, 6.45) is 7.88. The number of sulfonamides is 1. The molecule has 120 valence electrons. The second-order valence-electron chi connectivity index (χ2n) is 8.98. The van der Waals surface area contributed by atoms with Crippen molar-refractivity contribution >= 4 is 10.0 Å². The third-order valence-corrected chi connectivity index (χ3v) is 7.35. The Morgan fingerprint density at radius 2 is 1.50 bits per heavy atom. The molecular weight excluding hydrogens is 294 g/mol. The normalized spacial score (nSPS) is 43.5. The Balaban J connectivity index is 1.76. The lowest BCUT2D eigenvalue weighted by atomic mass is 9.39. The smallest absolute Gasteiger partial charge is 0.225 e. The van der Waals surface area contributed by atoms with E-state index >= 15 is 0 Å². The topological polar surface area (TPSA) is 60.2 Å². The largest absolute Gasteiger partial charge is 0.238 e. The molecule has 0 radical (unpaired) electrons. The van der Waals surface area contributed by atoms with E-state index in [1.807, 2.05) is 12.1 Å². The Morgan fingerprint density at radius 1 is 0.955 bits per heavy atom. The molecule has 4 fully saturated rings. The first-order valence-electron chi connectivity index (χ1n) is 8.25. The summed E-state index contributed by atoms with van der Waals surface area (Å²) >= 11 is 0. The summed E-state index contributed by atoms with van der Waals surface area (Å²) in [6, 6.07) is 7.40. The lowest BCUT2D eigenvalue weighted by Gasteiger charge is -2.65. The van der Waals surface area contributed by atoms with Gasteiger partial charge in [0.05, 0.1) is 4.90 Å². The molecule has 0 aromatic heterocycles. The molecule has 4 heteroatoms. The van der Waals surface area contributed by atoms with Gasteiger partial charge in [-0.25, -0.2) is 13.6 Å². The summed E-state index contributed by atoms with van der Waals surface area (Å²) in [5.41, 5.74) is 2.50. The SMILES string of the molecule is C[C@]12CC3CC(c4ccc(S(N)(=O)=O)cc4)(C1)C[C@@](C)(C3)C2. The van der Waals surface area contributed by atoms with Crippen LogP contribution in [0.5, 0.6) is 0 Å². The number of benzene rings is 1. The standard InChI is InChI=1S/C18H25NO2S/c1-16-7-13-8-17(2,10-16)12-18(9-13,11-16)14-3-5-15(6-4-14)22(19,20)21/h3-6,13H,7-12H2,1-2H3,(H2,19,20,21)/t13?,16-,17+,18?. The van der Waals surface area contributed by atoms with Crippen LogP contribution in [0.2, 0.25) is 0 Å².